The molecule has 0 atom stereocenters. The Hall–Kier alpha value is -1.76. The van der Waals surface area contributed by atoms with Crippen molar-refractivity contribution in [3.63, 3.8) is 0 Å². The van der Waals surface area contributed by atoms with Gasteiger partial charge >= 0.3 is 0 Å². The first-order valence-corrected chi connectivity index (χ1v) is 5.90. The Balaban J connectivity index is 0.00000180. The summed E-state index contributed by atoms with van der Waals surface area (Å²) in [6.45, 7) is 1.53. The first kappa shape index (κ1) is 15.3. The van der Waals surface area contributed by atoms with Gasteiger partial charge in [-0.1, -0.05) is 18.1 Å². The van der Waals surface area contributed by atoms with Crippen molar-refractivity contribution in [1.29, 1.82) is 0 Å². The van der Waals surface area contributed by atoms with Crippen molar-refractivity contribution < 1.29 is 5.11 Å². The highest BCUT2D eigenvalue weighted by atomic mass is 35.5. The number of rotatable bonds is 4. The molecule has 0 saturated heterocycles. The van der Waals surface area contributed by atoms with E-state index in [0.29, 0.717) is 12.1 Å². The van der Waals surface area contributed by atoms with Gasteiger partial charge in [-0.25, -0.2) is 0 Å². The van der Waals surface area contributed by atoms with Crippen molar-refractivity contribution in [3.8, 4) is 18.1 Å². The number of hydrogen-bond acceptors (Lipinski definition) is 3. The second-order valence-corrected chi connectivity index (χ2v) is 4.34. The van der Waals surface area contributed by atoms with Gasteiger partial charge < -0.3 is 5.11 Å². The standard InChI is InChI=1S/C15H16N2O.ClH/c1-3-10-17(2)11-8-12-6-7-14(18)15-13(12)5-4-9-16-15;/h1,4-7,9,18H,8,10-11H2,2H3;1H. The van der Waals surface area contributed by atoms with Gasteiger partial charge in [0.1, 0.15) is 11.3 Å². The number of likely N-dealkylation sites (N-methyl/N-ethyl adjacent to an activating group) is 1. The van der Waals surface area contributed by atoms with E-state index in [1.54, 1.807) is 12.3 Å². The minimum Gasteiger partial charge on any atom is -0.506 e. The second-order valence-electron chi connectivity index (χ2n) is 4.34. The van der Waals surface area contributed by atoms with E-state index in [0.717, 1.165) is 18.4 Å². The normalized spacial score (nSPS) is 10.2. The number of phenolic OH excluding ortho intramolecular Hbond substituents is 1. The van der Waals surface area contributed by atoms with Crippen molar-refractivity contribution in [3.05, 3.63) is 36.0 Å². The van der Waals surface area contributed by atoms with Crippen molar-refractivity contribution in [1.82, 2.24) is 9.88 Å². The van der Waals surface area contributed by atoms with Crippen LogP contribution in [0.1, 0.15) is 5.56 Å². The molecule has 1 N–H and O–H groups in total. The molecule has 0 aliphatic rings. The molecule has 0 aliphatic heterocycles. The van der Waals surface area contributed by atoms with Crippen molar-refractivity contribution in [2.75, 3.05) is 20.1 Å². The van der Waals surface area contributed by atoms with Crippen LogP contribution >= 0.6 is 12.4 Å². The van der Waals surface area contributed by atoms with E-state index in [9.17, 15) is 5.11 Å². The predicted octanol–water partition coefficient (Wildman–Crippen LogP) is 2.47. The number of nitrogens with zero attached hydrogens (tertiary/aromatic N) is 2. The van der Waals surface area contributed by atoms with Crippen molar-refractivity contribution in [2.24, 2.45) is 0 Å². The molecule has 0 saturated carbocycles. The molecular weight excluding hydrogens is 260 g/mol. The summed E-state index contributed by atoms with van der Waals surface area (Å²) in [5.41, 5.74) is 1.84. The molecule has 0 aliphatic carbocycles. The van der Waals surface area contributed by atoms with Gasteiger partial charge in [0.25, 0.3) is 0 Å². The second kappa shape index (κ2) is 6.98. The van der Waals surface area contributed by atoms with Crippen molar-refractivity contribution in [2.45, 2.75) is 6.42 Å². The van der Waals surface area contributed by atoms with E-state index in [1.807, 2.05) is 25.2 Å². The minimum atomic E-state index is 0. The molecule has 0 amide bonds. The maximum atomic E-state index is 9.76. The summed E-state index contributed by atoms with van der Waals surface area (Å²) in [5, 5.41) is 10.8. The summed E-state index contributed by atoms with van der Waals surface area (Å²) in [5.74, 6) is 2.85. The summed E-state index contributed by atoms with van der Waals surface area (Å²) in [6, 6.07) is 7.52. The smallest absolute Gasteiger partial charge is 0.141 e. The largest absolute Gasteiger partial charge is 0.506 e. The van der Waals surface area contributed by atoms with Crippen molar-refractivity contribution >= 4 is 23.3 Å². The fourth-order valence-electron chi connectivity index (χ4n) is 1.98. The molecule has 1 aromatic heterocycles. The zero-order valence-electron chi connectivity index (χ0n) is 10.8. The Morgan fingerprint density at radius 3 is 2.89 bits per heavy atom. The van der Waals surface area contributed by atoms with Crippen LogP contribution in [-0.4, -0.2) is 35.1 Å². The number of benzene rings is 1. The molecular formula is C15H17ClN2O. The van der Waals surface area contributed by atoms with Crippen LogP contribution in [0, 0.1) is 12.3 Å². The number of fused-ring (bicyclic) bond motifs is 1. The molecule has 3 nitrogen and oxygen atoms in total. The fourth-order valence-corrected chi connectivity index (χ4v) is 1.98. The molecule has 0 bridgehead atoms. The third kappa shape index (κ3) is 3.60. The molecule has 1 heterocycles. The lowest BCUT2D eigenvalue weighted by Gasteiger charge is -2.14. The quantitative estimate of drug-likeness (QED) is 0.872. The number of pyridine rings is 1. The van der Waals surface area contributed by atoms with E-state index in [4.69, 9.17) is 6.42 Å². The number of aromatic nitrogens is 1. The van der Waals surface area contributed by atoms with Gasteiger partial charge in [-0.15, -0.1) is 18.8 Å². The average Bonchev–Trinajstić information content (AvgIpc) is 2.39. The van der Waals surface area contributed by atoms with E-state index in [2.05, 4.69) is 15.8 Å². The van der Waals surface area contributed by atoms with Gasteiger partial charge in [-0.2, -0.15) is 0 Å². The highest BCUT2D eigenvalue weighted by molar-refractivity contribution is 5.87. The third-order valence-corrected chi connectivity index (χ3v) is 2.96. The van der Waals surface area contributed by atoms with E-state index >= 15 is 0 Å². The Morgan fingerprint density at radius 2 is 2.16 bits per heavy atom. The first-order valence-electron chi connectivity index (χ1n) is 5.90. The lowest BCUT2D eigenvalue weighted by molar-refractivity contribution is 0.381. The molecule has 1 aromatic carbocycles. The van der Waals surface area contributed by atoms with Gasteiger partial charge in [0.15, 0.2) is 0 Å². The van der Waals surface area contributed by atoms with Crippen LogP contribution in [-0.2, 0) is 6.42 Å². The third-order valence-electron chi connectivity index (χ3n) is 2.96. The Morgan fingerprint density at radius 1 is 1.37 bits per heavy atom. The molecule has 0 spiro atoms. The first-order chi connectivity index (χ1) is 8.72. The lowest BCUT2D eigenvalue weighted by atomic mass is 10.0. The van der Waals surface area contributed by atoms with Crippen LogP contribution in [0.4, 0.5) is 0 Å². The fraction of sp³-hybridized carbons (Fsp3) is 0.267. The van der Waals surface area contributed by atoms with Gasteiger partial charge in [0.2, 0.25) is 0 Å². The van der Waals surface area contributed by atoms with Crippen LogP contribution in [0.3, 0.4) is 0 Å². The van der Waals surface area contributed by atoms with Crippen LogP contribution in [0.5, 0.6) is 5.75 Å². The molecule has 0 unspecified atom stereocenters. The number of phenols is 1. The maximum absolute atomic E-state index is 9.76. The Labute approximate surface area is 119 Å². The van der Waals surface area contributed by atoms with E-state index < -0.39 is 0 Å². The summed E-state index contributed by atoms with van der Waals surface area (Å²) in [4.78, 5) is 6.30. The molecule has 19 heavy (non-hydrogen) atoms. The summed E-state index contributed by atoms with van der Waals surface area (Å²) >= 11 is 0. The van der Waals surface area contributed by atoms with Gasteiger partial charge in [-0.05, 0) is 31.2 Å². The van der Waals surface area contributed by atoms with Crippen LogP contribution in [0.2, 0.25) is 0 Å². The Kier molecular flexibility index (Phi) is 5.62. The zero-order chi connectivity index (χ0) is 13.0. The molecule has 0 radical (unpaired) electrons. The van der Waals surface area contributed by atoms with Gasteiger partial charge in [0, 0.05) is 18.1 Å². The molecule has 100 valence electrons. The zero-order valence-corrected chi connectivity index (χ0v) is 11.7. The molecule has 2 aromatic rings. The number of hydrogen-bond donors (Lipinski definition) is 1. The topological polar surface area (TPSA) is 36.4 Å². The highest BCUT2D eigenvalue weighted by Gasteiger charge is 2.06. The number of terminal acetylenes is 1. The summed E-state index contributed by atoms with van der Waals surface area (Å²) in [7, 11) is 2.00. The van der Waals surface area contributed by atoms with E-state index in [1.165, 1.54) is 5.56 Å². The molecule has 4 heteroatoms. The van der Waals surface area contributed by atoms with Crippen LogP contribution in [0.25, 0.3) is 10.9 Å². The van der Waals surface area contributed by atoms with Gasteiger partial charge in [-0.3, -0.25) is 9.88 Å². The predicted molar refractivity (Wildman–Crippen MR) is 80.7 cm³/mol. The minimum absolute atomic E-state index is 0. The molecule has 0 fully saturated rings. The number of aromatic hydroxyl groups is 1. The van der Waals surface area contributed by atoms with E-state index in [-0.39, 0.29) is 18.2 Å². The number of halogens is 1. The Bertz CT molecular complexity index is 592. The van der Waals surface area contributed by atoms with Gasteiger partial charge in [0.05, 0.1) is 6.54 Å². The monoisotopic (exact) mass is 276 g/mol. The van der Waals surface area contributed by atoms with Crippen LogP contribution < -0.4 is 0 Å². The van der Waals surface area contributed by atoms with Crippen LogP contribution in [0.15, 0.2) is 30.5 Å². The molecule has 2 rings (SSSR count). The average molecular weight is 277 g/mol. The maximum Gasteiger partial charge on any atom is 0.141 e. The summed E-state index contributed by atoms with van der Waals surface area (Å²) < 4.78 is 0. The highest BCUT2D eigenvalue weighted by Crippen LogP contribution is 2.25. The lowest BCUT2D eigenvalue weighted by Crippen LogP contribution is -2.21. The SMILES string of the molecule is C#CCN(C)CCc1ccc(O)c2ncccc12.Cl. The summed E-state index contributed by atoms with van der Waals surface area (Å²) in [6.07, 6.45) is 7.85.